The Morgan fingerprint density at radius 3 is 2.31 bits per heavy atom. The number of nitrogens with one attached hydrogen (secondary N) is 1. The third kappa shape index (κ3) is 7.59. The van der Waals surface area contributed by atoms with Gasteiger partial charge in [0.2, 0.25) is 5.91 Å². The van der Waals surface area contributed by atoms with E-state index in [9.17, 15) is 9.59 Å². The number of aryl methyl sites for hydroxylation is 1. The highest BCUT2D eigenvalue weighted by molar-refractivity contribution is 5.88. The maximum absolute atomic E-state index is 13.2. The molecule has 2 amide bonds. The molecule has 0 aliphatic carbocycles. The molecule has 2 aromatic carbocycles. The quantitative estimate of drug-likeness (QED) is 0.537. The molecule has 0 radical (unpaired) electrons. The summed E-state index contributed by atoms with van der Waals surface area (Å²) < 4.78 is 11.1. The highest BCUT2D eigenvalue weighted by atomic mass is 16.5. The largest absolute Gasteiger partial charge is 0.497 e. The van der Waals surface area contributed by atoms with Crippen LogP contribution in [-0.4, -0.2) is 43.0 Å². The van der Waals surface area contributed by atoms with E-state index in [1.807, 2.05) is 69.3 Å². The minimum atomic E-state index is -0.585. The lowest BCUT2D eigenvalue weighted by molar-refractivity contribution is -0.143. The zero-order chi connectivity index (χ0) is 23.5. The van der Waals surface area contributed by atoms with E-state index in [0.29, 0.717) is 36.9 Å². The monoisotopic (exact) mass is 440 g/mol. The number of carbonyl (C=O) groups is 2. The van der Waals surface area contributed by atoms with Crippen molar-refractivity contribution in [2.75, 3.05) is 20.3 Å². The van der Waals surface area contributed by atoms with Crippen LogP contribution in [0.4, 0.5) is 0 Å². The average Bonchev–Trinajstić information content (AvgIpc) is 2.81. The summed E-state index contributed by atoms with van der Waals surface area (Å²) in [6.45, 7) is 8.80. The molecule has 0 saturated carbocycles. The summed E-state index contributed by atoms with van der Waals surface area (Å²) in [6, 6.07) is 14.7. The van der Waals surface area contributed by atoms with Gasteiger partial charge in [-0.15, -0.1) is 0 Å². The van der Waals surface area contributed by atoms with E-state index in [1.165, 1.54) is 5.56 Å². The zero-order valence-electron chi connectivity index (χ0n) is 19.9. The van der Waals surface area contributed by atoms with Crippen molar-refractivity contribution in [2.45, 2.75) is 53.1 Å². The first-order valence-corrected chi connectivity index (χ1v) is 11.3. The molecular weight excluding hydrogens is 404 g/mol. The number of ether oxygens (including phenoxy) is 2. The molecule has 0 spiro atoms. The third-order valence-corrected chi connectivity index (χ3v) is 5.25. The lowest BCUT2D eigenvalue weighted by atomic mass is 10.1. The van der Waals surface area contributed by atoms with E-state index in [4.69, 9.17) is 9.47 Å². The van der Waals surface area contributed by atoms with Gasteiger partial charge in [0, 0.05) is 13.1 Å². The van der Waals surface area contributed by atoms with Gasteiger partial charge in [-0.1, -0.05) is 52.0 Å². The van der Waals surface area contributed by atoms with Crippen molar-refractivity contribution in [3.8, 4) is 11.5 Å². The molecule has 174 valence electrons. The van der Waals surface area contributed by atoms with E-state index in [1.54, 1.807) is 12.0 Å². The number of methoxy groups -OCH3 is 1. The van der Waals surface area contributed by atoms with E-state index in [-0.39, 0.29) is 18.4 Å². The van der Waals surface area contributed by atoms with Gasteiger partial charge < -0.3 is 19.7 Å². The number of benzene rings is 2. The van der Waals surface area contributed by atoms with Crippen molar-refractivity contribution in [3.63, 3.8) is 0 Å². The third-order valence-electron chi connectivity index (χ3n) is 5.25. The highest BCUT2D eigenvalue weighted by Gasteiger charge is 2.29. The Labute approximate surface area is 191 Å². The predicted octanol–water partition coefficient (Wildman–Crippen LogP) is 4.22. The van der Waals surface area contributed by atoms with Crippen LogP contribution in [0.5, 0.6) is 11.5 Å². The van der Waals surface area contributed by atoms with E-state index in [0.717, 1.165) is 12.0 Å². The summed E-state index contributed by atoms with van der Waals surface area (Å²) in [5.41, 5.74) is 2.09. The number of hydrogen-bond acceptors (Lipinski definition) is 4. The van der Waals surface area contributed by atoms with Crippen LogP contribution in [0.15, 0.2) is 48.5 Å². The first-order chi connectivity index (χ1) is 15.4. The molecule has 0 fully saturated rings. The molecule has 1 N–H and O–H groups in total. The fourth-order valence-corrected chi connectivity index (χ4v) is 3.36. The summed E-state index contributed by atoms with van der Waals surface area (Å²) in [5, 5.41) is 2.96. The highest BCUT2D eigenvalue weighted by Crippen LogP contribution is 2.18. The molecule has 32 heavy (non-hydrogen) atoms. The lowest BCUT2D eigenvalue weighted by Gasteiger charge is -2.31. The van der Waals surface area contributed by atoms with Crippen LogP contribution in [-0.2, 0) is 22.6 Å². The van der Waals surface area contributed by atoms with Crippen LogP contribution < -0.4 is 14.8 Å². The molecular formula is C26H36N2O4. The van der Waals surface area contributed by atoms with Gasteiger partial charge >= 0.3 is 0 Å². The Hall–Kier alpha value is -3.02. The van der Waals surface area contributed by atoms with Crippen molar-refractivity contribution in [2.24, 2.45) is 5.92 Å². The topological polar surface area (TPSA) is 67.9 Å². The van der Waals surface area contributed by atoms with Crippen molar-refractivity contribution in [3.05, 3.63) is 59.7 Å². The number of amides is 2. The number of hydrogen-bond donors (Lipinski definition) is 1. The molecule has 6 nitrogen and oxygen atoms in total. The minimum Gasteiger partial charge on any atom is -0.497 e. The molecule has 2 aromatic rings. The average molecular weight is 441 g/mol. The van der Waals surface area contributed by atoms with Gasteiger partial charge in [-0.05, 0) is 54.2 Å². The van der Waals surface area contributed by atoms with Crippen molar-refractivity contribution >= 4 is 11.8 Å². The first kappa shape index (κ1) is 25.2. The zero-order valence-corrected chi connectivity index (χ0v) is 19.9. The van der Waals surface area contributed by atoms with Crippen LogP contribution in [0.2, 0.25) is 0 Å². The Kier molecular flexibility index (Phi) is 10.1. The Balaban J connectivity index is 2.19. The van der Waals surface area contributed by atoms with Crippen LogP contribution in [0.1, 0.15) is 45.2 Å². The van der Waals surface area contributed by atoms with Gasteiger partial charge in [-0.25, -0.2) is 0 Å². The number of carbonyl (C=O) groups excluding carboxylic acids is 2. The molecule has 0 heterocycles. The smallest absolute Gasteiger partial charge is 0.261 e. The van der Waals surface area contributed by atoms with Gasteiger partial charge in [0.05, 0.1) is 7.11 Å². The summed E-state index contributed by atoms with van der Waals surface area (Å²) in [4.78, 5) is 27.7. The Morgan fingerprint density at radius 1 is 1.00 bits per heavy atom. The van der Waals surface area contributed by atoms with E-state index < -0.39 is 6.04 Å². The van der Waals surface area contributed by atoms with Crippen LogP contribution in [0.3, 0.4) is 0 Å². The van der Waals surface area contributed by atoms with Crippen molar-refractivity contribution < 1.29 is 19.1 Å². The van der Waals surface area contributed by atoms with Gasteiger partial charge in [-0.3, -0.25) is 9.59 Å². The van der Waals surface area contributed by atoms with Crippen molar-refractivity contribution in [1.29, 1.82) is 0 Å². The first-order valence-electron chi connectivity index (χ1n) is 11.3. The lowest BCUT2D eigenvalue weighted by Crippen LogP contribution is -2.50. The van der Waals surface area contributed by atoms with E-state index >= 15 is 0 Å². The molecule has 2 rings (SSSR count). The van der Waals surface area contributed by atoms with Gasteiger partial charge in [-0.2, -0.15) is 0 Å². The van der Waals surface area contributed by atoms with Crippen LogP contribution in [0.25, 0.3) is 0 Å². The maximum Gasteiger partial charge on any atom is 0.261 e. The predicted molar refractivity (Wildman–Crippen MR) is 127 cm³/mol. The molecule has 0 aliphatic heterocycles. The fraction of sp³-hybridized carbons (Fsp3) is 0.462. The molecule has 6 heteroatoms. The standard InChI is InChI=1S/C26H36N2O4/c1-6-20-11-13-22(14-12-20)32-18-25(29)28(17-21-9-8-10-23(15-21)31-5)24(7-2)26(30)27-16-19(3)4/h8-15,19,24H,6-7,16-18H2,1-5H3,(H,27,30). The van der Waals surface area contributed by atoms with Crippen molar-refractivity contribution in [1.82, 2.24) is 10.2 Å². The molecule has 0 aliphatic rings. The maximum atomic E-state index is 13.2. The number of rotatable bonds is 12. The number of nitrogens with zero attached hydrogens (tertiary/aromatic N) is 1. The minimum absolute atomic E-state index is 0.136. The molecule has 1 atom stereocenters. The summed E-state index contributed by atoms with van der Waals surface area (Å²) in [5.74, 6) is 1.28. The molecule has 0 saturated heterocycles. The fourth-order valence-electron chi connectivity index (χ4n) is 3.36. The molecule has 1 unspecified atom stereocenters. The second-order valence-electron chi connectivity index (χ2n) is 8.22. The van der Waals surface area contributed by atoms with Crippen LogP contribution in [0, 0.1) is 5.92 Å². The second-order valence-corrected chi connectivity index (χ2v) is 8.22. The van der Waals surface area contributed by atoms with E-state index in [2.05, 4.69) is 12.2 Å². The Morgan fingerprint density at radius 2 is 1.72 bits per heavy atom. The Bertz CT molecular complexity index is 864. The molecule has 0 bridgehead atoms. The summed E-state index contributed by atoms with van der Waals surface area (Å²) >= 11 is 0. The van der Waals surface area contributed by atoms with Gasteiger partial charge in [0.1, 0.15) is 17.5 Å². The second kappa shape index (κ2) is 12.7. The SMILES string of the molecule is CCc1ccc(OCC(=O)N(Cc2cccc(OC)c2)C(CC)C(=O)NCC(C)C)cc1. The summed E-state index contributed by atoms with van der Waals surface area (Å²) in [7, 11) is 1.61. The van der Waals surface area contributed by atoms with Crippen LogP contribution >= 0.6 is 0 Å². The summed E-state index contributed by atoms with van der Waals surface area (Å²) in [6.07, 6.45) is 1.45. The van der Waals surface area contributed by atoms with Gasteiger partial charge in [0.25, 0.3) is 5.91 Å². The molecule has 0 aromatic heterocycles. The van der Waals surface area contributed by atoms with Gasteiger partial charge in [0.15, 0.2) is 6.61 Å². The normalized spacial score (nSPS) is 11.7.